The zero-order valence-electron chi connectivity index (χ0n) is 11.0. The normalized spacial score (nSPS) is 19.6. The zero-order chi connectivity index (χ0) is 13.1. The number of aryl methyl sites for hydroxylation is 2. The third-order valence-corrected chi connectivity index (χ3v) is 4.72. The monoisotopic (exact) mass is 264 g/mol. The zero-order valence-corrected chi connectivity index (χ0v) is 11.8. The van der Waals surface area contributed by atoms with Crippen LogP contribution in [0.25, 0.3) is 0 Å². The maximum absolute atomic E-state index is 12.2. The minimum Gasteiger partial charge on any atom is -0.399 e. The lowest BCUT2D eigenvalue weighted by molar-refractivity contribution is -0.115. The van der Waals surface area contributed by atoms with E-state index in [1.54, 1.807) is 11.8 Å². The fourth-order valence-corrected chi connectivity index (χ4v) is 3.33. The molecule has 1 atom stereocenters. The maximum atomic E-state index is 12.2. The van der Waals surface area contributed by atoms with E-state index in [1.807, 2.05) is 26.0 Å². The first-order chi connectivity index (χ1) is 8.58. The van der Waals surface area contributed by atoms with Crippen molar-refractivity contribution in [2.75, 3.05) is 16.8 Å². The lowest BCUT2D eigenvalue weighted by Gasteiger charge is -2.21. The lowest BCUT2D eigenvalue weighted by Crippen LogP contribution is -2.27. The maximum Gasteiger partial charge on any atom is 0.237 e. The number of carbonyl (C=O) groups excluding carboxylic acids is 1. The van der Waals surface area contributed by atoms with Gasteiger partial charge in [0.25, 0.3) is 0 Å². The van der Waals surface area contributed by atoms with Crippen LogP contribution in [-0.2, 0) is 4.79 Å². The number of anilines is 2. The van der Waals surface area contributed by atoms with E-state index in [-0.39, 0.29) is 11.2 Å². The highest BCUT2D eigenvalue weighted by molar-refractivity contribution is 8.00. The molecule has 0 saturated carbocycles. The molecule has 4 heteroatoms. The van der Waals surface area contributed by atoms with Gasteiger partial charge in [0.2, 0.25) is 5.91 Å². The second-order valence-electron chi connectivity index (χ2n) is 4.87. The molecule has 0 radical (unpaired) electrons. The van der Waals surface area contributed by atoms with Gasteiger partial charge in [0.15, 0.2) is 0 Å². The first kappa shape index (κ1) is 13.3. The van der Waals surface area contributed by atoms with Gasteiger partial charge in [-0.3, -0.25) is 4.79 Å². The summed E-state index contributed by atoms with van der Waals surface area (Å²) in [6.07, 6.45) is 3.38. The molecule has 1 aliphatic heterocycles. The first-order valence-electron chi connectivity index (χ1n) is 6.37. The number of hydrogen-bond acceptors (Lipinski definition) is 3. The second-order valence-corrected chi connectivity index (χ2v) is 6.18. The van der Waals surface area contributed by atoms with Crippen LogP contribution in [0.4, 0.5) is 11.4 Å². The molecule has 1 aliphatic rings. The molecule has 2 rings (SSSR count). The third kappa shape index (κ3) is 2.99. The lowest BCUT2D eigenvalue weighted by atomic mass is 10.1. The van der Waals surface area contributed by atoms with E-state index in [2.05, 4.69) is 5.32 Å². The predicted octanol–water partition coefficient (Wildman–Crippen LogP) is 3.11. The van der Waals surface area contributed by atoms with Crippen LogP contribution in [0.3, 0.4) is 0 Å². The van der Waals surface area contributed by atoms with E-state index in [9.17, 15) is 4.79 Å². The number of rotatable bonds is 2. The summed E-state index contributed by atoms with van der Waals surface area (Å²) in [5, 5.41) is 3.14. The van der Waals surface area contributed by atoms with E-state index in [0.29, 0.717) is 0 Å². The molecule has 3 nitrogen and oxygen atoms in total. The van der Waals surface area contributed by atoms with Crippen molar-refractivity contribution in [2.45, 2.75) is 38.4 Å². The van der Waals surface area contributed by atoms with Crippen LogP contribution < -0.4 is 11.1 Å². The van der Waals surface area contributed by atoms with Crippen molar-refractivity contribution in [3.8, 4) is 0 Å². The van der Waals surface area contributed by atoms with Gasteiger partial charge in [0, 0.05) is 11.4 Å². The summed E-state index contributed by atoms with van der Waals surface area (Å²) in [5.74, 6) is 1.23. The number of carbonyl (C=O) groups is 1. The number of nitrogens with two attached hydrogens (primary N) is 1. The van der Waals surface area contributed by atoms with Crippen LogP contribution in [0.1, 0.15) is 30.4 Å². The molecule has 1 aromatic carbocycles. The average molecular weight is 264 g/mol. The van der Waals surface area contributed by atoms with Gasteiger partial charge in [0.05, 0.1) is 5.25 Å². The summed E-state index contributed by atoms with van der Waals surface area (Å²) in [6.45, 7) is 3.93. The topological polar surface area (TPSA) is 55.1 Å². The highest BCUT2D eigenvalue weighted by atomic mass is 32.2. The van der Waals surface area contributed by atoms with E-state index in [0.717, 1.165) is 41.1 Å². The van der Waals surface area contributed by atoms with Crippen LogP contribution in [0.5, 0.6) is 0 Å². The largest absolute Gasteiger partial charge is 0.399 e. The van der Waals surface area contributed by atoms with Crippen molar-refractivity contribution >= 4 is 29.0 Å². The Kier molecular flexibility index (Phi) is 4.17. The van der Waals surface area contributed by atoms with Gasteiger partial charge in [-0.05, 0) is 55.7 Å². The molecule has 1 saturated heterocycles. The molecule has 1 unspecified atom stereocenters. The van der Waals surface area contributed by atoms with Gasteiger partial charge in [-0.1, -0.05) is 6.42 Å². The summed E-state index contributed by atoms with van der Waals surface area (Å²) >= 11 is 1.77. The highest BCUT2D eigenvalue weighted by Crippen LogP contribution is 2.27. The van der Waals surface area contributed by atoms with E-state index in [1.165, 1.54) is 6.42 Å². The van der Waals surface area contributed by atoms with Crippen molar-refractivity contribution in [2.24, 2.45) is 0 Å². The van der Waals surface area contributed by atoms with Crippen molar-refractivity contribution in [3.63, 3.8) is 0 Å². The van der Waals surface area contributed by atoms with Crippen molar-refractivity contribution in [1.29, 1.82) is 0 Å². The molecule has 1 amide bonds. The minimum absolute atomic E-state index is 0.107. The Morgan fingerprint density at radius 1 is 1.33 bits per heavy atom. The van der Waals surface area contributed by atoms with E-state index in [4.69, 9.17) is 5.73 Å². The van der Waals surface area contributed by atoms with Crippen molar-refractivity contribution < 1.29 is 4.79 Å². The molecular weight excluding hydrogens is 244 g/mol. The van der Waals surface area contributed by atoms with Gasteiger partial charge in [-0.2, -0.15) is 0 Å². The Balaban J connectivity index is 2.08. The van der Waals surface area contributed by atoms with E-state index < -0.39 is 0 Å². The molecule has 3 N–H and O–H groups in total. The first-order valence-corrected chi connectivity index (χ1v) is 7.42. The van der Waals surface area contributed by atoms with Crippen LogP contribution in [0.15, 0.2) is 12.1 Å². The molecule has 1 heterocycles. The van der Waals surface area contributed by atoms with Gasteiger partial charge in [-0.25, -0.2) is 0 Å². The summed E-state index contributed by atoms with van der Waals surface area (Å²) in [6, 6.07) is 3.87. The summed E-state index contributed by atoms with van der Waals surface area (Å²) in [7, 11) is 0. The molecule has 18 heavy (non-hydrogen) atoms. The van der Waals surface area contributed by atoms with Gasteiger partial charge in [0.1, 0.15) is 0 Å². The van der Waals surface area contributed by atoms with Crippen LogP contribution in [-0.4, -0.2) is 16.9 Å². The average Bonchev–Trinajstić information content (AvgIpc) is 2.37. The van der Waals surface area contributed by atoms with Gasteiger partial charge < -0.3 is 11.1 Å². The highest BCUT2D eigenvalue weighted by Gasteiger charge is 2.22. The van der Waals surface area contributed by atoms with Crippen LogP contribution in [0, 0.1) is 13.8 Å². The minimum atomic E-state index is 0.107. The Labute approximate surface area is 113 Å². The van der Waals surface area contributed by atoms with Crippen molar-refractivity contribution in [3.05, 3.63) is 23.3 Å². The quantitative estimate of drug-likeness (QED) is 0.807. The van der Waals surface area contributed by atoms with Crippen LogP contribution >= 0.6 is 11.8 Å². The number of thioether (sulfide) groups is 1. The van der Waals surface area contributed by atoms with E-state index >= 15 is 0 Å². The fraction of sp³-hybridized carbons (Fsp3) is 0.500. The Bertz CT molecular complexity index is 453. The number of benzene rings is 1. The third-order valence-electron chi connectivity index (χ3n) is 3.34. The number of nitrogens with one attached hydrogen (secondary N) is 1. The van der Waals surface area contributed by atoms with Gasteiger partial charge in [-0.15, -0.1) is 11.8 Å². The Morgan fingerprint density at radius 2 is 2.11 bits per heavy atom. The Hall–Kier alpha value is -1.16. The molecule has 0 aromatic heterocycles. The molecule has 0 bridgehead atoms. The second kappa shape index (κ2) is 5.65. The summed E-state index contributed by atoms with van der Waals surface area (Å²) in [4.78, 5) is 12.2. The van der Waals surface area contributed by atoms with Gasteiger partial charge >= 0.3 is 0 Å². The van der Waals surface area contributed by atoms with Crippen molar-refractivity contribution in [1.82, 2.24) is 0 Å². The predicted molar refractivity (Wildman–Crippen MR) is 79.1 cm³/mol. The fourth-order valence-electron chi connectivity index (χ4n) is 2.13. The molecule has 98 valence electrons. The number of nitrogen functional groups attached to an aromatic ring is 1. The molecule has 0 aliphatic carbocycles. The summed E-state index contributed by atoms with van der Waals surface area (Å²) < 4.78 is 0. The smallest absolute Gasteiger partial charge is 0.237 e. The molecule has 1 aromatic rings. The number of hydrogen-bond donors (Lipinski definition) is 2. The summed E-state index contributed by atoms with van der Waals surface area (Å²) in [5.41, 5.74) is 9.54. The van der Waals surface area contributed by atoms with Crippen LogP contribution in [0.2, 0.25) is 0 Å². The standard InChI is InChI=1S/C14H20N2OS/c1-9-8-12(10(2)7-11(9)15)16-14(17)13-5-3-4-6-18-13/h7-8,13H,3-6,15H2,1-2H3,(H,16,17). The number of amides is 1. The molecule has 0 spiro atoms. The molecule has 1 fully saturated rings. The Morgan fingerprint density at radius 3 is 2.78 bits per heavy atom. The molecular formula is C14H20N2OS. The SMILES string of the molecule is Cc1cc(NC(=O)C2CCCCS2)c(C)cc1N.